The molecular weight excluding hydrogens is 236 g/mol. The smallest absolute Gasteiger partial charge is 0.145 e. The second kappa shape index (κ2) is 4.63. The molecule has 0 saturated heterocycles. The minimum atomic E-state index is 0.0841. The van der Waals surface area contributed by atoms with Crippen molar-refractivity contribution in [2.24, 2.45) is 5.73 Å². The van der Waals surface area contributed by atoms with Gasteiger partial charge in [0.1, 0.15) is 5.82 Å². The number of aryl methyl sites for hydroxylation is 2. The molecule has 4 heteroatoms. The molecule has 98 valence electrons. The molecule has 1 heterocycles. The third-order valence-electron chi connectivity index (χ3n) is 3.77. The highest BCUT2D eigenvalue weighted by Gasteiger charge is 2.29. The number of anilines is 1. The molecule has 19 heavy (non-hydrogen) atoms. The summed E-state index contributed by atoms with van der Waals surface area (Å²) < 4.78 is 0. The van der Waals surface area contributed by atoms with Crippen LogP contribution in [0, 0.1) is 13.8 Å². The lowest BCUT2D eigenvalue weighted by Crippen LogP contribution is -2.30. The number of nitrogens with two attached hydrogens (primary N) is 1. The van der Waals surface area contributed by atoms with E-state index in [2.05, 4.69) is 39.6 Å². The number of fused-ring (bicyclic) bond motifs is 1. The Hall–Kier alpha value is -1.94. The van der Waals surface area contributed by atoms with E-state index in [1.807, 2.05) is 13.8 Å². The van der Waals surface area contributed by atoms with Gasteiger partial charge in [-0.15, -0.1) is 0 Å². The zero-order valence-electron chi connectivity index (χ0n) is 11.2. The fourth-order valence-corrected chi connectivity index (χ4v) is 2.58. The third-order valence-corrected chi connectivity index (χ3v) is 3.77. The summed E-state index contributed by atoms with van der Waals surface area (Å²) in [5.41, 5.74) is 10.7. The molecule has 0 spiro atoms. The zero-order valence-corrected chi connectivity index (χ0v) is 11.2. The van der Waals surface area contributed by atoms with E-state index in [0.29, 0.717) is 0 Å². The first-order valence-corrected chi connectivity index (χ1v) is 6.55. The largest absolute Gasteiger partial charge is 0.360 e. The first-order valence-electron chi connectivity index (χ1n) is 6.55. The van der Waals surface area contributed by atoms with E-state index in [4.69, 9.17) is 5.73 Å². The Morgan fingerprint density at radius 1 is 1.21 bits per heavy atom. The van der Waals surface area contributed by atoms with Gasteiger partial charge in [0, 0.05) is 6.04 Å². The SMILES string of the molecule is Cc1ncc(NC2c3ccccc3CC2N)nc1C. The fraction of sp³-hybridized carbons (Fsp3) is 0.333. The van der Waals surface area contributed by atoms with Gasteiger partial charge >= 0.3 is 0 Å². The lowest BCUT2D eigenvalue weighted by molar-refractivity contribution is 0.623. The van der Waals surface area contributed by atoms with Crippen LogP contribution in [-0.2, 0) is 6.42 Å². The molecule has 4 nitrogen and oxygen atoms in total. The van der Waals surface area contributed by atoms with Crippen LogP contribution in [0.25, 0.3) is 0 Å². The van der Waals surface area contributed by atoms with Gasteiger partial charge in [-0.05, 0) is 31.4 Å². The van der Waals surface area contributed by atoms with Crippen LogP contribution in [0.2, 0.25) is 0 Å². The highest BCUT2D eigenvalue weighted by molar-refractivity contribution is 5.45. The first-order chi connectivity index (χ1) is 9.15. The molecular formula is C15H18N4. The monoisotopic (exact) mass is 254 g/mol. The number of hydrogen-bond donors (Lipinski definition) is 2. The standard InChI is InChI=1S/C15H18N4/c1-9-10(2)18-14(8-17-9)19-15-12-6-4-3-5-11(12)7-13(15)16/h3-6,8,13,15H,7,16H2,1-2H3,(H,18,19). The van der Waals surface area contributed by atoms with Gasteiger partial charge in [-0.2, -0.15) is 0 Å². The Bertz CT molecular complexity index is 609. The second-order valence-corrected chi connectivity index (χ2v) is 5.11. The first kappa shape index (κ1) is 12.1. The Balaban J connectivity index is 1.89. The van der Waals surface area contributed by atoms with Crippen molar-refractivity contribution in [1.29, 1.82) is 0 Å². The van der Waals surface area contributed by atoms with Gasteiger partial charge in [-0.3, -0.25) is 4.98 Å². The van der Waals surface area contributed by atoms with Crippen molar-refractivity contribution in [3.05, 3.63) is 53.0 Å². The Morgan fingerprint density at radius 3 is 2.79 bits per heavy atom. The maximum atomic E-state index is 6.23. The molecule has 2 atom stereocenters. The molecule has 3 rings (SSSR count). The molecule has 1 aliphatic rings. The summed E-state index contributed by atoms with van der Waals surface area (Å²) in [6.45, 7) is 3.93. The highest BCUT2D eigenvalue weighted by Crippen LogP contribution is 2.32. The van der Waals surface area contributed by atoms with Crippen LogP contribution in [-0.4, -0.2) is 16.0 Å². The molecule has 0 fully saturated rings. The van der Waals surface area contributed by atoms with E-state index in [0.717, 1.165) is 23.6 Å². The van der Waals surface area contributed by atoms with E-state index >= 15 is 0 Å². The van der Waals surface area contributed by atoms with Crippen LogP contribution < -0.4 is 11.1 Å². The normalized spacial score (nSPS) is 21.2. The number of benzene rings is 1. The van der Waals surface area contributed by atoms with Gasteiger partial charge in [-0.1, -0.05) is 24.3 Å². The lowest BCUT2D eigenvalue weighted by atomic mass is 10.1. The van der Waals surface area contributed by atoms with Crippen molar-refractivity contribution in [3.63, 3.8) is 0 Å². The van der Waals surface area contributed by atoms with E-state index in [1.54, 1.807) is 6.20 Å². The number of nitrogens with one attached hydrogen (secondary N) is 1. The van der Waals surface area contributed by atoms with Crippen molar-refractivity contribution in [1.82, 2.24) is 9.97 Å². The van der Waals surface area contributed by atoms with Crippen LogP contribution in [0.3, 0.4) is 0 Å². The average Bonchev–Trinajstić information content (AvgIpc) is 2.71. The molecule has 0 radical (unpaired) electrons. The average molecular weight is 254 g/mol. The van der Waals surface area contributed by atoms with E-state index < -0.39 is 0 Å². The van der Waals surface area contributed by atoms with Crippen LogP contribution >= 0.6 is 0 Å². The predicted octanol–water partition coefficient (Wildman–Crippen LogP) is 2.13. The van der Waals surface area contributed by atoms with E-state index in [9.17, 15) is 0 Å². The topological polar surface area (TPSA) is 63.8 Å². The molecule has 2 aromatic rings. The summed E-state index contributed by atoms with van der Waals surface area (Å²) in [6.07, 6.45) is 2.68. The van der Waals surface area contributed by atoms with Crippen molar-refractivity contribution in [2.45, 2.75) is 32.4 Å². The summed E-state index contributed by atoms with van der Waals surface area (Å²) in [6, 6.07) is 8.59. The zero-order chi connectivity index (χ0) is 13.4. The molecule has 0 saturated carbocycles. The Labute approximate surface area is 113 Å². The number of hydrogen-bond acceptors (Lipinski definition) is 4. The maximum absolute atomic E-state index is 6.23. The molecule has 0 bridgehead atoms. The molecule has 1 aromatic heterocycles. The van der Waals surface area contributed by atoms with Gasteiger partial charge in [-0.25, -0.2) is 4.98 Å². The van der Waals surface area contributed by atoms with Crippen LogP contribution in [0.5, 0.6) is 0 Å². The van der Waals surface area contributed by atoms with Crippen molar-refractivity contribution < 1.29 is 0 Å². The molecule has 1 aromatic carbocycles. The van der Waals surface area contributed by atoms with Gasteiger partial charge in [0.05, 0.1) is 23.6 Å². The molecule has 2 unspecified atom stereocenters. The quantitative estimate of drug-likeness (QED) is 0.861. The lowest BCUT2D eigenvalue weighted by Gasteiger charge is -2.19. The minimum Gasteiger partial charge on any atom is -0.360 e. The molecule has 0 aliphatic heterocycles. The molecule has 3 N–H and O–H groups in total. The van der Waals surface area contributed by atoms with Gasteiger partial charge in [0.2, 0.25) is 0 Å². The highest BCUT2D eigenvalue weighted by atomic mass is 15.1. The third kappa shape index (κ3) is 2.19. The second-order valence-electron chi connectivity index (χ2n) is 5.11. The van der Waals surface area contributed by atoms with Crippen LogP contribution in [0.1, 0.15) is 28.6 Å². The number of nitrogens with zero attached hydrogens (tertiary/aromatic N) is 2. The fourth-order valence-electron chi connectivity index (χ4n) is 2.58. The van der Waals surface area contributed by atoms with E-state index in [-0.39, 0.29) is 12.1 Å². The minimum absolute atomic E-state index is 0.0841. The summed E-state index contributed by atoms with van der Waals surface area (Å²) in [4.78, 5) is 8.85. The molecule has 1 aliphatic carbocycles. The van der Waals surface area contributed by atoms with Crippen molar-refractivity contribution in [3.8, 4) is 0 Å². The van der Waals surface area contributed by atoms with E-state index in [1.165, 1.54) is 11.1 Å². The summed E-state index contributed by atoms with van der Waals surface area (Å²) in [5, 5.41) is 3.42. The molecule has 0 amide bonds. The predicted molar refractivity (Wildman–Crippen MR) is 76.0 cm³/mol. The summed E-state index contributed by atoms with van der Waals surface area (Å²) in [7, 11) is 0. The van der Waals surface area contributed by atoms with Gasteiger partial charge < -0.3 is 11.1 Å². The van der Waals surface area contributed by atoms with Crippen molar-refractivity contribution in [2.75, 3.05) is 5.32 Å². The maximum Gasteiger partial charge on any atom is 0.145 e. The summed E-state index contributed by atoms with van der Waals surface area (Å²) in [5.74, 6) is 0.792. The van der Waals surface area contributed by atoms with Crippen molar-refractivity contribution >= 4 is 5.82 Å². The number of aromatic nitrogens is 2. The summed E-state index contributed by atoms with van der Waals surface area (Å²) >= 11 is 0. The Kier molecular flexibility index (Phi) is 2.95. The van der Waals surface area contributed by atoms with Crippen LogP contribution in [0.4, 0.5) is 5.82 Å². The van der Waals surface area contributed by atoms with Gasteiger partial charge in [0.25, 0.3) is 0 Å². The van der Waals surface area contributed by atoms with Gasteiger partial charge in [0.15, 0.2) is 0 Å². The Morgan fingerprint density at radius 2 is 2.00 bits per heavy atom. The van der Waals surface area contributed by atoms with Crippen LogP contribution in [0.15, 0.2) is 30.5 Å². The number of rotatable bonds is 2.